The van der Waals surface area contributed by atoms with Gasteiger partial charge in [0, 0.05) is 18.8 Å². The highest BCUT2D eigenvalue weighted by atomic mass is 79.9. The quantitative estimate of drug-likeness (QED) is 0.710. The third-order valence-corrected chi connectivity index (χ3v) is 7.18. The summed E-state index contributed by atoms with van der Waals surface area (Å²) in [7, 11) is -3.61. The first-order valence-corrected chi connectivity index (χ1v) is 10.8. The predicted octanol–water partition coefficient (Wildman–Crippen LogP) is 3.08. The van der Waals surface area contributed by atoms with E-state index in [1.807, 2.05) is 26.8 Å². The van der Waals surface area contributed by atoms with Crippen LogP contribution in [0.3, 0.4) is 0 Å². The Balaban J connectivity index is 1.81. The van der Waals surface area contributed by atoms with Gasteiger partial charge >= 0.3 is 0 Å². The second-order valence-electron chi connectivity index (χ2n) is 6.72. The number of rotatable bonds is 5. The molecule has 1 saturated heterocycles. The van der Waals surface area contributed by atoms with Crippen LogP contribution in [0, 0.1) is 13.8 Å². The van der Waals surface area contributed by atoms with Crippen LogP contribution in [0.4, 0.5) is 0 Å². The van der Waals surface area contributed by atoms with Gasteiger partial charge in [-0.2, -0.15) is 9.40 Å². The fourth-order valence-electron chi connectivity index (χ4n) is 3.28. The molecule has 9 heteroatoms. The third kappa shape index (κ3) is 3.52. The monoisotopic (exact) mass is 442 g/mol. The molecule has 0 saturated carbocycles. The molecule has 0 N–H and O–H groups in total. The van der Waals surface area contributed by atoms with Crippen LogP contribution in [-0.2, 0) is 10.0 Å². The number of hydrogen-bond donors (Lipinski definition) is 0. The molecule has 0 spiro atoms. The zero-order valence-corrected chi connectivity index (χ0v) is 17.7. The first-order chi connectivity index (χ1) is 12.2. The van der Waals surface area contributed by atoms with Crippen molar-refractivity contribution in [2.24, 2.45) is 0 Å². The molecule has 26 heavy (non-hydrogen) atoms. The molecule has 3 heterocycles. The normalized spacial score (nSPS) is 18.6. The standard InChI is InChI=1S/C17H23BrN4O3S/c1-11(2)22-13(4)16(12(3)20-22)26(23,24)21-9-7-14(10-21)25-17-15(18)6-5-8-19-17/h5-6,8,11,14H,7,9-10H2,1-4H3/t14-/m1/s1. The number of aryl methyl sites for hydroxylation is 1. The number of hydrogen-bond acceptors (Lipinski definition) is 5. The van der Waals surface area contributed by atoms with E-state index in [4.69, 9.17) is 4.74 Å². The van der Waals surface area contributed by atoms with E-state index in [9.17, 15) is 8.42 Å². The van der Waals surface area contributed by atoms with Gasteiger partial charge in [0.25, 0.3) is 0 Å². The molecule has 7 nitrogen and oxygen atoms in total. The second-order valence-corrected chi connectivity index (χ2v) is 9.45. The molecular formula is C17H23BrN4O3S. The summed E-state index contributed by atoms with van der Waals surface area (Å²) in [6.45, 7) is 8.25. The molecular weight excluding hydrogens is 420 g/mol. The highest BCUT2D eigenvalue weighted by Crippen LogP contribution is 2.30. The molecule has 2 aromatic rings. The van der Waals surface area contributed by atoms with E-state index in [1.165, 1.54) is 4.31 Å². The van der Waals surface area contributed by atoms with Crippen LogP contribution in [0.15, 0.2) is 27.7 Å². The lowest BCUT2D eigenvalue weighted by atomic mass is 10.3. The third-order valence-electron chi connectivity index (χ3n) is 4.46. The maximum Gasteiger partial charge on any atom is 0.246 e. The van der Waals surface area contributed by atoms with Crippen molar-refractivity contribution in [3.8, 4) is 5.88 Å². The van der Waals surface area contributed by atoms with Crippen molar-refractivity contribution in [2.75, 3.05) is 13.1 Å². The highest BCUT2D eigenvalue weighted by molar-refractivity contribution is 9.10. The summed E-state index contributed by atoms with van der Waals surface area (Å²) in [6.07, 6.45) is 2.05. The van der Waals surface area contributed by atoms with Gasteiger partial charge in [0.15, 0.2) is 0 Å². The van der Waals surface area contributed by atoms with Crippen molar-refractivity contribution in [1.29, 1.82) is 0 Å². The van der Waals surface area contributed by atoms with E-state index in [2.05, 4.69) is 26.0 Å². The Morgan fingerprint density at radius 3 is 2.69 bits per heavy atom. The first-order valence-electron chi connectivity index (χ1n) is 8.55. The van der Waals surface area contributed by atoms with Gasteiger partial charge < -0.3 is 4.74 Å². The predicted molar refractivity (Wildman–Crippen MR) is 102 cm³/mol. The minimum Gasteiger partial charge on any atom is -0.472 e. The average Bonchev–Trinajstić information content (AvgIpc) is 3.15. The molecule has 1 atom stereocenters. The summed E-state index contributed by atoms with van der Waals surface area (Å²) in [4.78, 5) is 4.50. The van der Waals surface area contributed by atoms with Crippen molar-refractivity contribution in [3.05, 3.63) is 34.2 Å². The number of halogens is 1. The topological polar surface area (TPSA) is 77.3 Å². The van der Waals surface area contributed by atoms with Crippen molar-refractivity contribution >= 4 is 26.0 Å². The summed E-state index contributed by atoms with van der Waals surface area (Å²) in [5.41, 5.74) is 1.21. The van der Waals surface area contributed by atoms with Crippen LogP contribution in [0.25, 0.3) is 0 Å². The summed E-state index contributed by atoms with van der Waals surface area (Å²) < 4.78 is 36.2. The zero-order valence-electron chi connectivity index (χ0n) is 15.3. The number of sulfonamides is 1. The average molecular weight is 443 g/mol. The van der Waals surface area contributed by atoms with Crippen LogP contribution in [0.1, 0.15) is 37.7 Å². The summed E-state index contributed by atoms with van der Waals surface area (Å²) in [5.74, 6) is 0.483. The minimum absolute atomic E-state index is 0.105. The molecule has 1 aliphatic heterocycles. The van der Waals surface area contributed by atoms with Gasteiger partial charge in [-0.1, -0.05) is 0 Å². The molecule has 0 amide bonds. The van der Waals surface area contributed by atoms with Crippen LogP contribution in [0.5, 0.6) is 5.88 Å². The summed E-state index contributed by atoms with van der Waals surface area (Å²) in [5, 5.41) is 4.41. The highest BCUT2D eigenvalue weighted by Gasteiger charge is 2.37. The van der Waals surface area contributed by atoms with Crippen molar-refractivity contribution in [2.45, 2.75) is 51.2 Å². The molecule has 0 aliphatic carbocycles. The number of aromatic nitrogens is 3. The molecule has 0 radical (unpaired) electrons. The van der Waals surface area contributed by atoms with Gasteiger partial charge in [-0.3, -0.25) is 4.68 Å². The maximum atomic E-state index is 13.2. The first kappa shape index (κ1) is 19.3. The zero-order chi connectivity index (χ0) is 19.1. The molecule has 1 fully saturated rings. The Morgan fingerprint density at radius 1 is 1.35 bits per heavy atom. The Kier molecular flexibility index (Phi) is 5.41. The SMILES string of the molecule is Cc1nn(C(C)C)c(C)c1S(=O)(=O)N1CC[C@@H](Oc2ncccc2Br)C1. The van der Waals surface area contributed by atoms with Gasteiger partial charge in [-0.05, 0) is 62.2 Å². The van der Waals surface area contributed by atoms with E-state index in [1.54, 1.807) is 23.9 Å². The van der Waals surface area contributed by atoms with E-state index in [0.29, 0.717) is 41.7 Å². The van der Waals surface area contributed by atoms with E-state index >= 15 is 0 Å². The number of ether oxygens (including phenoxy) is 1. The molecule has 1 aliphatic rings. The van der Waals surface area contributed by atoms with Gasteiger partial charge in [-0.25, -0.2) is 13.4 Å². The molecule has 0 bridgehead atoms. The van der Waals surface area contributed by atoms with Crippen LogP contribution < -0.4 is 4.74 Å². The van der Waals surface area contributed by atoms with Crippen LogP contribution in [0.2, 0.25) is 0 Å². The Hall–Kier alpha value is -1.45. The largest absolute Gasteiger partial charge is 0.472 e. The Bertz CT molecular complexity index is 911. The summed E-state index contributed by atoms with van der Waals surface area (Å²) in [6, 6.07) is 3.76. The van der Waals surface area contributed by atoms with Gasteiger partial charge in [0.1, 0.15) is 11.0 Å². The maximum absolute atomic E-state index is 13.2. The van der Waals surface area contributed by atoms with E-state index in [-0.39, 0.29) is 12.1 Å². The Labute approximate surface area is 162 Å². The molecule has 3 rings (SSSR count). The molecule has 0 aromatic carbocycles. The van der Waals surface area contributed by atoms with Crippen LogP contribution >= 0.6 is 15.9 Å². The van der Waals surface area contributed by atoms with Gasteiger partial charge in [0.2, 0.25) is 15.9 Å². The molecule has 142 valence electrons. The number of pyridine rings is 1. The summed E-state index contributed by atoms with van der Waals surface area (Å²) >= 11 is 3.40. The molecule has 2 aromatic heterocycles. The van der Waals surface area contributed by atoms with Crippen molar-refractivity contribution < 1.29 is 13.2 Å². The number of nitrogens with zero attached hydrogens (tertiary/aromatic N) is 4. The minimum atomic E-state index is -3.61. The lowest BCUT2D eigenvalue weighted by Gasteiger charge is -2.18. The lowest BCUT2D eigenvalue weighted by molar-refractivity contribution is 0.205. The Morgan fingerprint density at radius 2 is 2.08 bits per heavy atom. The lowest BCUT2D eigenvalue weighted by Crippen LogP contribution is -2.31. The second kappa shape index (κ2) is 7.28. The van der Waals surface area contributed by atoms with Crippen molar-refractivity contribution in [3.63, 3.8) is 0 Å². The smallest absolute Gasteiger partial charge is 0.246 e. The fraction of sp³-hybridized carbons (Fsp3) is 0.529. The van der Waals surface area contributed by atoms with Crippen LogP contribution in [-0.4, -0.2) is 46.7 Å². The van der Waals surface area contributed by atoms with Gasteiger partial charge in [-0.15, -0.1) is 0 Å². The van der Waals surface area contributed by atoms with E-state index < -0.39 is 10.0 Å². The van der Waals surface area contributed by atoms with Crippen molar-refractivity contribution in [1.82, 2.24) is 19.1 Å². The van der Waals surface area contributed by atoms with E-state index in [0.717, 1.165) is 4.47 Å². The fourth-order valence-corrected chi connectivity index (χ4v) is 5.48. The van der Waals surface area contributed by atoms with Gasteiger partial charge in [0.05, 0.1) is 22.4 Å². The molecule has 0 unspecified atom stereocenters.